The van der Waals surface area contributed by atoms with Crippen molar-refractivity contribution in [1.29, 1.82) is 0 Å². The Bertz CT molecular complexity index is 1960. The van der Waals surface area contributed by atoms with E-state index in [1.165, 1.54) is 11.4 Å². The van der Waals surface area contributed by atoms with E-state index < -0.39 is 0 Å². The van der Waals surface area contributed by atoms with Gasteiger partial charge < -0.3 is 0 Å². The molecule has 0 amide bonds. The Hall–Kier alpha value is -0.412. The number of hydrogen-bond acceptors (Lipinski definition) is 6. The molecule has 9 nitrogen and oxygen atoms in total. The van der Waals surface area contributed by atoms with Gasteiger partial charge in [0.25, 0.3) is 0 Å². The summed E-state index contributed by atoms with van der Waals surface area (Å²) < 4.78 is 11.4. The second kappa shape index (κ2) is 10.5. The zero-order valence-corrected chi connectivity index (χ0v) is 39.3. The molecule has 7 aromatic rings. The Morgan fingerprint density at radius 1 is 0.622 bits per heavy atom. The molecule has 0 bridgehead atoms. The van der Waals surface area contributed by atoms with E-state index in [2.05, 4.69) is 83.3 Å². The Balaban J connectivity index is 0.00000123. The molecule has 0 saturated carbocycles. The van der Waals surface area contributed by atoms with Crippen LogP contribution >= 0.6 is 9.39 Å². The number of fused-ring (bicyclic) bond motifs is 12. The minimum absolute atomic E-state index is 0.797. The zero-order chi connectivity index (χ0) is 26.0. The molecule has 0 spiro atoms. The summed E-state index contributed by atoms with van der Waals surface area (Å²) in [6.45, 7) is 4.00. The van der Waals surface area contributed by atoms with Crippen molar-refractivity contribution in [2.45, 2.75) is 13.8 Å². The van der Waals surface area contributed by atoms with Crippen LogP contribution in [0.3, 0.4) is 0 Å². The Morgan fingerprint density at radius 2 is 1.00 bits per heavy atom. The van der Waals surface area contributed by atoms with E-state index in [4.69, 9.17) is 15.0 Å². The van der Waals surface area contributed by atoms with Gasteiger partial charge in [-0.15, -0.1) is 0 Å². The molecular formula is C23H18N9PTl4. The van der Waals surface area contributed by atoms with Gasteiger partial charge in [0.2, 0.25) is 0 Å². The van der Waals surface area contributed by atoms with Crippen molar-refractivity contribution in [3.05, 3.63) is 54.6 Å². The van der Waals surface area contributed by atoms with Gasteiger partial charge in [-0.1, -0.05) is 13.8 Å². The summed E-state index contributed by atoms with van der Waals surface area (Å²) in [4.78, 5) is 15.4. The van der Waals surface area contributed by atoms with Crippen LogP contribution in [0.5, 0.6) is 0 Å². The van der Waals surface area contributed by atoms with Gasteiger partial charge >= 0.3 is 261 Å². The average molecular weight is 1270 g/mol. The van der Waals surface area contributed by atoms with Crippen LogP contribution in [-0.2, 0) is 0 Å². The molecule has 0 saturated heterocycles. The van der Waals surface area contributed by atoms with Crippen LogP contribution in [0.2, 0.25) is 0 Å². The van der Waals surface area contributed by atoms with Crippen LogP contribution in [0.1, 0.15) is 13.8 Å². The number of hydrogen-bond donors (Lipinski definition) is 1. The van der Waals surface area contributed by atoms with Crippen LogP contribution in [-0.4, -0.2) is 132 Å². The number of aromatic nitrogens is 6. The number of nitrogens with one attached hydrogen (secondary N) is 1. The number of anilines is 3. The Labute approximate surface area is 280 Å². The quantitative estimate of drug-likeness (QED) is 0.217. The van der Waals surface area contributed by atoms with Crippen molar-refractivity contribution >= 4 is 181 Å². The molecule has 1 unspecified atom stereocenters. The van der Waals surface area contributed by atoms with Crippen molar-refractivity contribution in [3.63, 3.8) is 0 Å². The molecule has 4 heterocycles. The number of benzene rings is 3. The summed E-state index contributed by atoms with van der Waals surface area (Å²) in [6, 6.07) is 19.5. The molecule has 37 heavy (non-hydrogen) atoms. The molecule has 1 atom stereocenters. The van der Waals surface area contributed by atoms with E-state index >= 15 is 0 Å². The Morgan fingerprint density at radius 3 is 1.38 bits per heavy atom. The third-order valence-electron chi connectivity index (χ3n) is 6.24. The van der Waals surface area contributed by atoms with Crippen molar-refractivity contribution < 1.29 is 0 Å². The molecule has 7 rings (SSSR count). The van der Waals surface area contributed by atoms with Gasteiger partial charge in [-0.2, -0.15) is 0 Å². The second-order valence-corrected chi connectivity index (χ2v) is 35.2. The fourth-order valence-corrected chi connectivity index (χ4v) is 7.31. The van der Waals surface area contributed by atoms with E-state index in [0.29, 0.717) is 0 Å². The molecule has 14 heteroatoms. The first-order valence-corrected chi connectivity index (χ1v) is 20.2. The standard InChI is InChI=1S/C21H12N9P.C2H6.4Tl/c22-10-1-4-16-13(7-10)25-20-28(16)19-24-14-8-11(23)2-5-17(14)29(19)21-26-15-9-12(27-31)3-6-18(15)30(20)21;1-2;;;;/h1-9,27H,31H2;1-2H3;;;;. The average Bonchev–Trinajstić information content (AvgIpc) is 3.58. The maximum absolute atomic E-state index is 5.15. The van der Waals surface area contributed by atoms with Crippen LogP contribution < -0.4 is 6.13 Å². The van der Waals surface area contributed by atoms with Crippen LogP contribution in [0.15, 0.2) is 54.6 Å². The molecule has 3 aromatic carbocycles. The molecule has 0 fully saturated rings. The first kappa shape index (κ1) is 26.8. The maximum atomic E-state index is 5.15. The third kappa shape index (κ3) is 4.30. The summed E-state index contributed by atoms with van der Waals surface area (Å²) >= 11 is 3.19. The normalized spacial score (nSPS) is 11.4. The SMILES string of the molecule is CC.PNc1ccc2c(c1)nc1n2c2nc3cc([N]([Tl])[Tl])ccc3n2c2nc3cc([N]([Tl])[Tl])ccc3n12. The van der Waals surface area contributed by atoms with E-state index in [9.17, 15) is 0 Å². The predicted octanol–water partition coefficient (Wildman–Crippen LogP) is 3.26. The van der Waals surface area contributed by atoms with Crippen LogP contribution in [0.25, 0.3) is 50.4 Å². The molecule has 0 aliphatic rings. The van der Waals surface area contributed by atoms with Crippen LogP contribution in [0, 0.1) is 0 Å². The first-order chi connectivity index (χ1) is 17.9. The van der Waals surface area contributed by atoms with Crippen molar-refractivity contribution in [1.82, 2.24) is 28.2 Å². The van der Waals surface area contributed by atoms with Crippen molar-refractivity contribution in [2.24, 2.45) is 0 Å². The van der Waals surface area contributed by atoms with Crippen molar-refractivity contribution in [2.75, 3.05) is 6.13 Å². The molecule has 0 radical (unpaired) electrons. The van der Waals surface area contributed by atoms with E-state index in [0.717, 1.165) is 160 Å². The fraction of sp³-hybridized carbons (Fsp3) is 0.0870. The summed E-state index contributed by atoms with van der Waals surface area (Å²) in [5, 5.41) is 3.15. The van der Waals surface area contributed by atoms with Gasteiger partial charge in [0.05, 0.1) is 0 Å². The number of nitrogens with zero attached hydrogens (tertiary/aromatic N) is 8. The minimum atomic E-state index is 0.797. The summed E-state index contributed by atoms with van der Waals surface area (Å²) in [5.74, 6) is 2.49. The third-order valence-corrected chi connectivity index (χ3v) is 11.2. The summed E-state index contributed by atoms with van der Waals surface area (Å²) in [6.07, 6.45) is 0. The monoisotopic (exact) mass is 1270 g/mol. The van der Waals surface area contributed by atoms with Gasteiger partial charge in [-0.3, -0.25) is 0 Å². The summed E-state index contributed by atoms with van der Waals surface area (Å²) in [7, 11) is 2.56. The van der Waals surface area contributed by atoms with E-state index in [1.807, 2.05) is 13.8 Å². The second-order valence-electron chi connectivity index (χ2n) is 8.25. The molecule has 0 aliphatic heterocycles. The molecule has 0 aliphatic carbocycles. The Kier molecular flexibility index (Phi) is 7.62. The topological polar surface area (TPSA) is 70.4 Å². The predicted molar refractivity (Wildman–Crippen MR) is 158 cm³/mol. The molecule has 172 valence electrons. The van der Waals surface area contributed by atoms with E-state index in [-0.39, 0.29) is 0 Å². The van der Waals surface area contributed by atoms with Gasteiger partial charge in [0.15, 0.2) is 0 Å². The molecule has 1 N–H and O–H groups in total. The molecular weight excluding hydrogens is 1250 g/mol. The fourth-order valence-electron chi connectivity index (χ4n) is 4.63. The van der Waals surface area contributed by atoms with Gasteiger partial charge in [-0.05, 0) is 9.39 Å². The number of rotatable bonds is 3. The zero-order valence-electron chi connectivity index (χ0n) is 20.2. The van der Waals surface area contributed by atoms with Crippen molar-refractivity contribution in [3.8, 4) is 0 Å². The van der Waals surface area contributed by atoms with Gasteiger partial charge in [0, 0.05) is 0 Å². The van der Waals surface area contributed by atoms with E-state index in [1.54, 1.807) is 0 Å². The number of imidazole rings is 3. The molecule has 4 aromatic heterocycles. The van der Waals surface area contributed by atoms with Gasteiger partial charge in [0.1, 0.15) is 0 Å². The first-order valence-electron chi connectivity index (χ1n) is 11.6. The van der Waals surface area contributed by atoms with Gasteiger partial charge in [-0.25, -0.2) is 0 Å². The summed E-state index contributed by atoms with van der Waals surface area (Å²) in [5.41, 5.74) is 9.53. The van der Waals surface area contributed by atoms with Crippen LogP contribution in [0.4, 0.5) is 17.1 Å².